The summed E-state index contributed by atoms with van der Waals surface area (Å²) >= 11 is 0. The van der Waals surface area contributed by atoms with Crippen molar-refractivity contribution in [2.75, 3.05) is 13.1 Å². The number of likely N-dealkylation sites (tertiary alicyclic amines) is 1. The number of nitrogens with zero attached hydrogens (tertiary/aromatic N) is 1. The van der Waals surface area contributed by atoms with Gasteiger partial charge in [-0.05, 0) is 68.7 Å². The summed E-state index contributed by atoms with van der Waals surface area (Å²) < 4.78 is 6.48. The molecule has 0 radical (unpaired) electrons. The Morgan fingerprint density at radius 1 is 1.25 bits per heavy atom. The number of carbonyl (C=O) groups excluding carboxylic acids is 1. The lowest BCUT2D eigenvalue weighted by Gasteiger charge is -2.64. The number of amides is 1. The summed E-state index contributed by atoms with van der Waals surface area (Å²) in [5.41, 5.74) is 1.23. The number of aliphatic hydroxyl groups is 1. The number of H-pyrrole nitrogens is 1. The third-order valence-corrected chi connectivity index (χ3v) is 8.94. The summed E-state index contributed by atoms with van der Waals surface area (Å²) in [5, 5.41) is 26.3. The second-order valence-electron chi connectivity index (χ2n) is 10.5. The van der Waals surface area contributed by atoms with Gasteiger partial charge in [-0.3, -0.25) is 9.69 Å². The first-order chi connectivity index (χ1) is 15.5. The van der Waals surface area contributed by atoms with Crippen LogP contribution in [-0.2, 0) is 11.8 Å². The van der Waals surface area contributed by atoms with Crippen molar-refractivity contribution >= 4 is 5.91 Å². The Labute approximate surface area is 186 Å². The Morgan fingerprint density at radius 2 is 2.12 bits per heavy atom. The zero-order chi connectivity index (χ0) is 21.7. The minimum absolute atomic E-state index is 0.0484. The number of aromatic amines is 1. The summed E-state index contributed by atoms with van der Waals surface area (Å²) in [7, 11) is 0. The molecule has 168 valence electrons. The molecule has 7 rings (SSSR count). The van der Waals surface area contributed by atoms with E-state index in [4.69, 9.17) is 4.74 Å². The van der Waals surface area contributed by atoms with Crippen LogP contribution in [0.1, 0.15) is 53.6 Å². The molecule has 1 saturated heterocycles. The Morgan fingerprint density at radius 3 is 2.91 bits per heavy atom. The molecule has 2 saturated carbocycles. The van der Waals surface area contributed by atoms with Crippen LogP contribution < -0.4 is 10.1 Å². The molecule has 5 aliphatic rings. The number of carbonyl (C=O) groups is 1. The fraction of sp³-hybridized carbons (Fsp3) is 0.560. The van der Waals surface area contributed by atoms with Crippen LogP contribution in [0.2, 0.25) is 0 Å². The van der Waals surface area contributed by atoms with Gasteiger partial charge in [0, 0.05) is 30.5 Å². The zero-order valence-corrected chi connectivity index (χ0v) is 18.0. The topological polar surface area (TPSA) is 97.8 Å². The van der Waals surface area contributed by atoms with Crippen molar-refractivity contribution in [2.45, 2.75) is 67.7 Å². The van der Waals surface area contributed by atoms with E-state index in [1.54, 1.807) is 24.5 Å². The van der Waals surface area contributed by atoms with E-state index in [9.17, 15) is 15.0 Å². The van der Waals surface area contributed by atoms with E-state index in [0.29, 0.717) is 24.2 Å². The smallest absolute Gasteiger partial charge is 0.253 e. The average Bonchev–Trinajstić information content (AvgIpc) is 3.27. The molecule has 2 aliphatic heterocycles. The zero-order valence-electron chi connectivity index (χ0n) is 18.0. The number of rotatable bonds is 4. The lowest BCUT2D eigenvalue weighted by Crippen LogP contribution is -2.78. The molecule has 7 heteroatoms. The van der Waals surface area contributed by atoms with Crippen molar-refractivity contribution < 1.29 is 19.7 Å². The lowest BCUT2D eigenvalue weighted by atomic mass is 9.48. The highest BCUT2D eigenvalue weighted by molar-refractivity contribution is 5.94. The van der Waals surface area contributed by atoms with Crippen molar-refractivity contribution in [3.05, 3.63) is 47.3 Å². The van der Waals surface area contributed by atoms with Crippen LogP contribution in [0.5, 0.6) is 11.5 Å². The molecule has 2 bridgehead atoms. The van der Waals surface area contributed by atoms with E-state index in [0.717, 1.165) is 37.4 Å². The van der Waals surface area contributed by atoms with Crippen molar-refractivity contribution in [1.82, 2.24) is 15.2 Å². The van der Waals surface area contributed by atoms with Gasteiger partial charge in [-0.1, -0.05) is 6.07 Å². The third kappa shape index (κ3) is 2.30. The molecule has 1 aromatic heterocycles. The van der Waals surface area contributed by atoms with Gasteiger partial charge in [-0.25, -0.2) is 0 Å². The second kappa shape index (κ2) is 6.29. The highest BCUT2D eigenvalue weighted by Crippen LogP contribution is 2.65. The molecule has 0 unspecified atom stereocenters. The Hall–Kier alpha value is -2.51. The normalized spacial score (nSPS) is 37.0. The molecule has 5 atom stereocenters. The predicted molar refractivity (Wildman–Crippen MR) is 117 cm³/mol. The Balaban J connectivity index is 1.32. The number of ether oxygens (including phenoxy) is 1. The van der Waals surface area contributed by atoms with Gasteiger partial charge in [-0.2, -0.15) is 0 Å². The third-order valence-electron chi connectivity index (χ3n) is 8.94. The minimum atomic E-state index is -0.924. The second-order valence-corrected chi connectivity index (χ2v) is 10.5. The number of piperidine rings is 1. The standard InChI is InChI=1S/C25H29N3O4/c29-18-4-3-15-11-19-25(31)7-5-17(27-23(30)16-6-9-26-12-16)22-24(25,20(15)21(18)32-22)8-10-28(19)13-14-1-2-14/h3-4,6,9,12,14,17,19,22,26,29,31H,1-2,5,7-8,10-11,13H2,(H,27,30)/t17-,19+,22-,24-,25+/m0/s1. The molecule has 3 fully saturated rings. The molecule has 7 nitrogen and oxygen atoms in total. The number of phenolic OH excluding ortho intramolecular Hbond substituents is 1. The number of aromatic hydroxyl groups is 1. The van der Waals surface area contributed by atoms with Crippen LogP contribution in [0.25, 0.3) is 0 Å². The van der Waals surface area contributed by atoms with Crippen molar-refractivity contribution in [3.8, 4) is 11.5 Å². The first-order valence-corrected chi connectivity index (χ1v) is 11.9. The highest BCUT2D eigenvalue weighted by Gasteiger charge is 2.73. The van der Waals surface area contributed by atoms with E-state index >= 15 is 0 Å². The fourth-order valence-electron chi connectivity index (χ4n) is 7.35. The summed E-state index contributed by atoms with van der Waals surface area (Å²) in [5.74, 6) is 1.27. The van der Waals surface area contributed by atoms with Crippen molar-refractivity contribution in [3.63, 3.8) is 0 Å². The van der Waals surface area contributed by atoms with Crippen LogP contribution in [0.4, 0.5) is 0 Å². The van der Waals surface area contributed by atoms with Crippen LogP contribution in [0.15, 0.2) is 30.6 Å². The Kier molecular flexibility index (Phi) is 3.74. The number of phenols is 1. The number of hydrogen-bond donors (Lipinski definition) is 4. The van der Waals surface area contributed by atoms with Crippen LogP contribution in [-0.4, -0.2) is 62.9 Å². The largest absolute Gasteiger partial charge is 0.504 e. The van der Waals surface area contributed by atoms with Gasteiger partial charge in [0.15, 0.2) is 11.5 Å². The molecule has 1 aromatic carbocycles. The molecule has 32 heavy (non-hydrogen) atoms. The van der Waals surface area contributed by atoms with Gasteiger partial charge in [0.2, 0.25) is 0 Å². The summed E-state index contributed by atoms with van der Waals surface area (Å²) in [6, 6.07) is 5.31. The van der Waals surface area contributed by atoms with Gasteiger partial charge in [0.1, 0.15) is 6.10 Å². The number of aromatic nitrogens is 1. The van der Waals surface area contributed by atoms with E-state index in [2.05, 4.69) is 15.2 Å². The van der Waals surface area contributed by atoms with Crippen molar-refractivity contribution in [1.29, 1.82) is 0 Å². The molecule has 2 aromatic rings. The van der Waals surface area contributed by atoms with Crippen LogP contribution in [0.3, 0.4) is 0 Å². The first-order valence-electron chi connectivity index (χ1n) is 11.9. The fourth-order valence-corrected chi connectivity index (χ4v) is 7.35. The molecular weight excluding hydrogens is 406 g/mol. The quantitative estimate of drug-likeness (QED) is 0.590. The van der Waals surface area contributed by atoms with Gasteiger partial charge >= 0.3 is 0 Å². The Bertz CT molecular complexity index is 1100. The van der Waals surface area contributed by atoms with Crippen molar-refractivity contribution in [2.24, 2.45) is 5.92 Å². The molecule has 3 heterocycles. The molecule has 3 aliphatic carbocycles. The summed E-state index contributed by atoms with van der Waals surface area (Å²) in [4.78, 5) is 18.3. The van der Waals surface area contributed by atoms with Gasteiger partial charge in [-0.15, -0.1) is 0 Å². The summed E-state index contributed by atoms with van der Waals surface area (Å²) in [6.07, 6.45) is 8.44. The summed E-state index contributed by atoms with van der Waals surface area (Å²) in [6.45, 7) is 1.97. The first kappa shape index (κ1) is 19.0. The maximum Gasteiger partial charge on any atom is 0.253 e. The predicted octanol–water partition coefficient (Wildman–Crippen LogP) is 2.08. The van der Waals surface area contributed by atoms with E-state index < -0.39 is 17.1 Å². The molecular formula is C25H29N3O4. The van der Waals surface area contributed by atoms with Crippen LogP contribution >= 0.6 is 0 Å². The highest BCUT2D eigenvalue weighted by atomic mass is 16.5. The number of nitrogens with one attached hydrogen (secondary N) is 2. The number of benzene rings is 1. The van der Waals surface area contributed by atoms with Gasteiger partial charge in [0.25, 0.3) is 5.91 Å². The average molecular weight is 436 g/mol. The molecule has 1 spiro atoms. The van der Waals surface area contributed by atoms with Gasteiger partial charge in [0.05, 0.1) is 22.6 Å². The van der Waals surface area contributed by atoms with E-state index in [1.165, 1.54) is 18.4 Å². The maximum atomic E-state index is 12.9. The maximum absolute atomic E-state index is 12.9. The molecule has 1 amide bonds. The SMILES string of the molecule is O=C(N[C@H]1CC[C@@]2(O)[C@H]3Cc4ccc(O)c5c4[C@@]2(CCN3CC2CC2)[C@H]1O5)c1cc[nH]c1. The molecule has 4 N–H and O–H groups in total. The number of hydrogen-bond acceptors (Lipinski definition) is 5. The van der Waals surface area contributed by atoms with E-state index in [-0.39, 0.29) is 23.7 Å². The lowest BCUT2D eigenvalue weighted by molar-refractivity contribution is -0.191. The van der Waals surface area contributed by atoms with Gasteiger partial charge < -0.3 is 25.3 Å². The monoisotopic (exact) mass is 435 g/mol. The van der Waals surface area contributed by atoms with Crippen LogP contribution in [0, 0.1) is 5.92 Å². The van der Waals surface area contributed by atoms with E-state index in [1.807, 2.05) is 6.07 Å². The minimum Gasteiger partial charge on any atom is -0.504 e.